The number of amides is 2. The van der Waals surface area contributed by atoms with Crippen molar-refractivity contribution in [3.8, 4) is 0 Å². The molecule has 1 saturated carbocycles. The van der Waals surface area contributed by atoms with Crippen molar-refractivity contribution in [2.24, 2.45) is 5.92 Å². The van der Waals surface area contributed by atoms with Gasteiger partial charge in [0.25, 0.3) is 5.91 Å². The molecule has 4 rings (SSSR count). The highest BCUT2D eigenvalue weighted by atomic mass is 35.5. The molecule has 1 fully saturated rings. The lowest BCUT2D eigenvalue weighted by Crippen LogP contribution is -2.18. The predicted molar refractivity (Wildman–Crippen MR) is 136 cm³/mol. The van der Waals surface area contributed by atoms with Crippen LogP contribution in [0.5, 0.6) is 0 Å². The number of anilines is 3. The smallest absolute Gasteiger partial charge is 0.257 e. The Morgan fingerprint density at radius 3 is 2.38 bits per heavy atom. The van der Waals surface area contributed by atoms with Gasteiger partial charge in [0.2, 0.25) is 5.91 Å². The lowest BCUT2D eigenvalue weighted by atomic mass is 10.1. The van der Waals surface area contributed by atoms with Crippen molar-refractivity contribution in [1.82, 2.24) is 0 Å². The summed E-state index contributed by atoms with van der Waals surface area (Å²) in [6.45, 7) is 1.81. The largest absolute Gasteiger partial charge is 0.399 e. The van der Waals surface area contributed by atoms with E-state index >= 15 is 0 Å². The number of carbonyl (C=O) groups excluding carboxylic acids is 2. The van der Waals surface area contributed by atoms with E-state index < -0.39 is 33.8 Å². The molecule has 4 N–H and O–H groups in total. The molecular formula is C24H18Cl4FN3O2. The Labute approximate surface area is 215 Å². The molecule has 0 bridgehead atoms. The fourth-order valence-corrected chi connectivity index (χ4v) is 5.01. The van der Waals surface area contributed by atoms with Gasteiger partial charge in [0.05, 0.1) is 21.5 Å². The molecule has 176 valence electrons. The average molecular weight is 541 g/mol. The molecule has 10 heteroatoms. The van der Waals surface area contributed by atoms with Gasteiger partial charge in [-0.1, -0.05) is 29.3 Å². The molecule has 3 aromatic rings. The summed E-state index contributed by atoms with van der Waals surface area (Å²) in [5, 5.41) is 5.63. The minimum atomic E-state index is -1.38. The first-order chi connectivity index (χ1) is 16.0. The van der Waals surface area contributed by atoms with Gasteiger partial charge < -0.3 is 16.4 Å². The van der Waals surface area contributed by atoms with Gasteiger partial charge in [-0.05, 0) is 66.6 Å². The fraction of sp³-hybridized carbons (Fsp3) is 0.167. The number of hydrogen-bond donors (Lipinski definition) is 3. The second kappa shape index (κ2) is 9.27. The van der Waals surface area contributed by atoms with Crippen LogP contribution < -0.4 is 16.4 Å². The van der Waals surface area contributed by atoms with Gasteiger partial charge >= 0.3 is 0 Å². The number of carbonyl (C=O) groups is 2. The van der Waals surface area contributed by atoms with Crippen LogP contribution in [0, 0.1) is 18.7 Å². The van der Waals surface area contributed by atoms with Crippen molar-refractivity contribution in [3.63, 3.8) is 0 Å². The summed E-state index contributed by atoms with van der Waals surface area (Å²) in [5.74, 6) is -2.87. The molecule has 1 aliphatic carbocycles. The summed E-state index contributed by atoms with van der Waals surface area (Å²) in [7, 11) is 0. The number of nitrogen functional groups attached to an aromatic ring is 1. The molecule has 2 atom stereocenters. The number of alkyl halides is 2. The molecule has 0 saturated heterocycles. The van der Waals surface area contributed by atoms with Gasteiger partial charge in [-0.25, -0.2) is 4.39 Å². The second-order valence-electron chi connectivity index (χ2n) is 8.02. The van der Waals surface area contributed by atoms with E-state index in [1.54, 1.807) is 24.3 Å². The minimum absolute atomic E-state index is 0.0858. The molecule has 0 spiro atoms. The second-order valence-corrected chi connectivity index (χ2v) is 10.3. The topological polar surface area (TPSA) is 84.2 Å². The Morgan fingerprint density at radius 2 is 1.71 bits per heavy atom. The number of nitrogens with one attached hydrogen (secondary N) is 2. The third kappa shape index (κ3) is 4.82. The first-order valence-corrected chi connectivity index (χ1v) is 11.6. The van der Waals surface area contributed by atoms with Crippen LogP contribution in [0.4, 0.5) is 21.5 Å². The summed E-state index contributed by atoms with van der Waals surface area (Å²) >= 11 is 24.8. The Hall–Kier alpha value is -2.51. The molecule has 0 aliphatic heterocycles. The Balaban J connectivity index is 1.51. The summed E-state index contributed by atoms with van der Waals surface area (Å²) in [5.41, 5.74) is 8.74. The zero-order chi connectivity index (χ0) is 24.8. The molecule has 3 aromatic carbocycles. The van der Waals surface area contributed by atoms with Gasteiger partial charge in [0.15, 0.2) is 0 Å². The molecule has 0 aromatic heterocycles. The van der Waals surface area contributed by atoms with E-state index in [0.717, 1.165) is 5.56 Å². The van der Waals surface area contributed by atoms with E-state index in [1.165, 1.54) is 30.3 Å². The van der Waals surface area contributed by atoms with Crippen LogP contribution in [-0.2, 0) is 4.79 Å². The van der Waals surface area contributed by atoms with Crippen LogP contribution in [0.2, 0.25) is 10.0 Å². The predicted octanol–water partition coefficient (Wildman–Crippen LogP) is 6.80. The maximum atomic E-state index is 13.5. The Morgan fingerprint density at radius 1 is 0.971 bits per heavy atom. The third-order valence-corrected chi connectivity index (χ3v) is 7.18. The summed E-state index contributed by atoms with van der Waals surface area (Å²) in [4.78, 5) is 25.8. The summed E-state index contributed by atoms with van der Waals surface area (Å²) < 4.78 is 12.1. The monoisotopic (exact) mass is 539 g/mol. The number of halogens is 5. The van der Waals surface area contributed by atoms with Crippen LogP contribution in [0.25, 0.3) is 0 Å². The highest BCUT2D eigenvalue weighted by molar-refractivity contribution is 6.53. The van der Waals surface area contributed by atoms with Crippen molar-refractivity contribution >= 4 is 75.3 Å². The molecule has 1 unspecified atom stereocenters. The van der Waals surface area contributed by atoms with Crippen molar-refractivity contribution in [3.05, 3.63) is 87.2 Å². The van der Waals surface area contributed by atoms with E-state index in [1.807, 2.05) is 6.92 Å². The van der Waals surface area contributed by atoms with E-state index in [2.05, 4.69) is 10.6 Å². The minimum Gasteiger partial charge on any atom is -0.399 e. The maximum Gasteiger partial charge on any atom is 0.257 e. The summed E-state index contributed by atoms with van der Waals surface area (Å²) in [6.07, 6.45) is 0. The zero-order valence-corrected chi connectivity index (χ0v) is 20.7. The lowest BCUT2D eigenvalue weighted by Gasteiger charge is -2.12. The van der Waals surface area contributed by atoms with Gasteiger partial charge in [0.1, 0.15) is 10.2 Å². The van der Waals surface area contributed by atoms with Crippen LogP contribution in [0.15, 0.2) is 54.6 Å². The van der Waals surface area contributed by atoms with Gasteiger partial charge in [-0.2, -0.15) is 0 Å². The van der Waals surface area contributed by atoms with Gasteiger partial charge in [-0.15, -0.1) is 23.2 Å². The van der Waals surface area contributed by atoms with Crippen molar-refractivity contribution < 1.29 is 14.0 Å². The number of benzene rings is 3. The quantitative estimate of drug-likeness (QED) is 0.246. The van der Waals surface area contributed by atoms with Gasteiger partial charge in [-0.3, -0.25) is 9.59 Å². The fourth-order valence-electron chi connectivity index (χ4n) is 3.79. The van der Waals surface area contributed by atoms with E-state index in [-0.39, 0.29) is 15.6 Å². The Kier molecular flexibility index (Phi) is 6.71. The SMILES string of the molecule is Cc1cc(N)ccc1NC(=O)c1cc(NC(=O)[C@H]2C(c3ccc(F)c(Cl)c3)C2(Cl)Cl)ccc1Cl. The average Bonchev–Trinajstić information content (AvgIpc) is 3.35. The lowest BCUT2D eigenvalue weighted by molar-refractivity contribution is -0.117. The molecule has 0 heterocycles. The first-order valence-electron chi connectivity index (χ1n) is 10.1. The van der Waals surface area contributed by atoms with E-state index in [4.69, 9.17) is 52.1 Å². The molecular weight excluding hydrogens is 523 g/mol. The molecule has 34 heavy (non-hydrogen) atoms. The number of hydrogen-bond acceptors (Lipinski definition) is 3. The molecule has 5 nitrogen and oxygen atoms in total. The highest BCUT2D eigenvalue weighted by Gasteiger charge is 2.67. The normalized spacial score (nSPS) is 18.3. The number of rotatable bonds is 5. The van der Waals surface area contributed by atoms with Gasteiger partial charge in [0, 0.05) is 23.0 Å². The van der Waals surface area contributed by atoms with Crippen molar-refractivity contribution in [2.75, 3.05) is 16.4 Å². The first kappa shape index (κ1) is 24.6. The number of nitrogens with two attached hydrogens (primary N) is 1. The van der Waals surface area contributed by atoms with Crippen LogP contribution >= 0.6 is 46.4 Å². The zero-order valence-electron chi connectivity index (χ0n) is 17.6. The van der Waals surface area contributed by atoms with E-state index in [9.17, 15) is 14.0 Å². The third-order valence-electron chi connectivity index (χ3n) is 5.62. The van der Waals surface area contributed by atoms with Crippen LogP contribution in [0.3, 0.4) is 0 Å². The van der Waals surface area contributed by atoms with Crippen LogP contribution in [-0.4, -0.2) is 16.1 Å². The standard InChI is InChI=1S/C24H18Cl4FN3O2/c1-11-8-13(30)3-7-19(11)32-22(33)15-10-14(4-5-16(15)25)31-23(34)21-20(24(21,27)28)12-2-6-18(29)17(26)9-12/h2-10,20-21H,30H2,1H3,(H,31,34)(H,32,33)/t20?,21-/m1/s1. The molecule has 0 radical (unpaired) electrons. The Bertz CT molecular complexity index is 1320. The summed E-state index contributed by atoms with van der Waals surface area (Å²) in [6, 6.07) is 13.7. The maximum absolute atomic E-state index is 13.5. The van der Waals surface area contributed by atoms with Crippen molar-refractivity contribution in [2.45, 2.75) is 17.2 Å². The van der Waals surface area contributed by atoms with Crippen molar-refractivity contribution in [1.29, 1.82) is 0 Å². The van der Waals surface area contributed by atoms with E-state index in [0.29, 0.717) is 22.6 Å². The van der Waals surface area contributed by atoms with Crippen LogP contribution in [0.1, 0.15) is 27.4 Å². The highest BCUT2D eigenvalue weighted by Crippen LogP contribution is 2.65. The molecule has 1 aliphatic rings. The number of aryl methyl sites for hydroxylation is 1. The molecule has 2 amide bonds.